The predicted molar refractivity (Wildman–Crippen MR) is 303 cm³/mol. The molecule has 0 bridgehead atoms. The van der Waals surface area contributed by atoms with Crippen LogP contribution in [0, 0.1) is 15.2 Å². The summed E-state index contributed by atoms with van der Waals surface area (Å²) in [5, 5.41) is 3.12. The van der Waals surface area contributed by atoms with E-state index in [0.717, 1.165) is 55.7 Å². The van der Waals surface area contributed by atoms with Crippen molar-refractivity contribution in [3.05, 3.63) is 150 Å². The minimum absolute atomic E-state index is 0. The zero-order valence-electron chi connectivity index (χ0n) is 41.3. The molecule has 10 aromatic rings. The van der Waals surface area contributed by atoms with Crippen LogP contribution in [0.1, 0.15) is 35.1 Å². The molecule has 9 heterocycles. The number of nitrogens with one attached hydrogen (secondary N) is 2. The molecule has 0 spiro atoms. The zero-order valence-corrected chi connectivity index (χ0v) is 45.0. The third kappa shape index (κ3) is 11.1. The average molecular weight is 1160 g/mol. The van der Waals surface area contributed by atoms with Gasteiger partial charge in [-0.15, -0.1) is 0 Å². The average Bonchev–Trinajstić information content (AvgIpc) is 4.02. The van der Waals surface area contributed by atoms with Crippen molar-refractivity contribution in [3.63, 3.8) is 0 Å². The maximum Gasteiger partial charge on any atom is 0.494 e. The van der Waals surface area contributed by atoms with Crippen LogP contribution in [0.15, 0.2) is 135 Å². The molecule has 386 valence electrons. The van der Waals surface area contributed by atoms with Gasteiger partial charge >= 0.3 is 7.12 Å². The number of sulfonamides is 2. The number of halogens is 3. The number of anilines is 2. The summed E-state index contributed by atoms with van der Waals surface area (Å²) in [5.74, 6) is -0.786. The molecule has 8 aromatic heterocycles. The standard InChI is InChI=1S/C23H18FN5O2S.C15H8FIN4.C14H22BNO4S.CH4/c1-29(32(2,30)31)16-7-5-14(6-8-16)21-18(24)12-27-23-22(21)17-10-19(26-13-20(17)28-23)15-4-3-9-25-11-15;16-10-6-20-15-13(14(10)17)9-4-11(19-7-12(9)21-15)8-2-1-3-18-5-8;1-13(2)14(3,4)20-15(19-13)11-7-9-12(10-8-11)16(5)21(6,17)18;/h3-13H,1-2H3,(H,27,28);1-7H,(H,20,21);7-10H,1-6H3;1H4. The van der Waals surface area contributed by atoms with Crippen molar-refractivity contribution in [1.29, 1.82) is 0 Å². The second-order valence-corrected chi connectivity index (χ2v) is 23.6. The van der Waals surface area contributed by atoms with Gasteiger partial charge in [-0.25, -0.2) is 35.6 Å². The minimum atomic E-state index is -3.39. The second kappa shape index (κ2) is 21.0. The van der Waals surface area contributed by atoms with Crippen molar-refractivity contribution in [3.8, 4) is 33.6 Å². The van der Waals surface area contributed by atoms with E-state index in [1.165, 1.54) is 41.4 Å². The lowest BCUT2D eigenvalue weighted by atomic mass is 9.79. The SMILES string of the molecule is C.CN(c1ccc(-c2c(F)cnc3[nH]c4cnc(-c5cccnc5)cc4c23)cc1)S(C)(=O)=O.CN(c1ccc(B2OC(C)(C)C(C)(C)O2)cc1)S(C)(=O)=O.Fc1cnc2[nH]c3cnc(-c4cccnc4)cc3c2c1I. The van der Waals surface area contributed by atoms with E-state index >= 15 is 4.39 Å². The molecule has 1 fully saturated rings. The van der Waals surface area contributed by atoms with Crippen LogP contribution in [0.3, 0.4) is 0 Å². The Balaban J connectivity index is 0.000000154. The van der Waals surface area contributed by atoms with Crippen LogP contribution in [-0.2, 0) is 29.4 Å². The molecular weight excluding hydrogens is 1110 g/mol. The van der Waals surface area contributed by atoms with Crippen molar-refractivity contribution in [2.45, 2.75) is 46.3 Å². The summed E-state index contributed by atoms with van der Waals surface area (Å²) in [7, 11) is -4.09. The first kappa shape index (κ1) is 54.3. The normalized spacial score (nSPS) is 14.0. The Morgan fingerprint density at radius 2 is 1.03 bits per heavy atom. The smallest absolute Gasteiger partial charge is 0.399 e. The molecule has 22 heteroatoms. The maximum absolute atomic E-state index is 15.1. The molecule has 2 N–H and O–H groups in total. The predicted octanol–water partition coefficient (Wildman–Crippen LogP) is 10.3. The van der Waals surface area contributed by atoms with Crippen LogP contribution in [0.2, 0.25) is 0 Å². The summed E-state index contributed by atoms with van der Waals surface area (Å²) in [5.41, 5.74) is 8.27. The zero-order chi connectivity index (χ0) is 52.9. The first-order chi connectivity index (χ1) is 35.0. The molecule has 1 aliphatic heterocycles. The lowest BCUT2D eigenvalue weighted by Crippen LogP contribution is -2.41. The fourth-order valence-corrected chi connectivity index (χ4v) is 9.79. The van der Waals surface area contributed by atoms with E-state index < -0.39 is 33.0 Å². The third-order valence-corrected chi connectivity index (χ3v) is 16.5. The number of fused-ring (bicyclic) bond motifs is 6. The highest BCUT2D eigenvalue weighted by Crippen LogP contribution is 2.39. The van der Waals surface area contributed by atoms with Crippen LogP contribution < -0.4 is 14.1 Å². The van der Waals surface area contributed by atoms with Gasteiger partial charge in [-0.1, -0.05) is 31.7 Å². The summed E-state index contributed by atoms with van der Waals surface area (Å²) >= 11 is 2.01. The largest absolute Gasteiger partial charge is 0.494 e. The van der Waals surface area contributed by atoms with E-state index in [1.807, 2.05) is 98.8 Å². The van der Waals surface area contributed by atoms with Gasteiger partial charge in [0.25, 0.3) is 0 Å². The van der Waals surface area contributed by atoms with Crippen LogP contribution in [0.4, 0.5) is 20.2 Å². The molecule has 0 radical (unpaired) electrons. The van der Waals surface area contributed by atoms with E-state index in [-0.39, 0.29) is 24.4 Å². The topological polar surface area (TPSA) is 202 Å². The minimum Gasteiger partial charge on any atom is -0.399 e. The molecular formula is C53H52BF2IN10O6S2. The highest BCUT2D eigenvalue weighted by atomic mass is 127. The van der Waals surface area contributed by atoms with Gasteiger partial charge in [0.15, 0.2) is 5.82 Å². The highest BCUT2D eigenvalue weighted by Gasteiger charge is 2.51. The summed E-state index contributed by atoms with van der Waals surface area (Å²) in [6, 6.07) is 25.3. The number of aromatic nitrogens is 8. The second-order valence-electron chi connectivity index (χ2n) is 18.5. The Morgan fingerprint density at radius 3 is 1.48 bits per heavy atom. The molecule has 75 heavy (non-hydrogen) atoms. The van der Waals surface area contributed by atoms with Gasteiger partial charge < -0.3 is 19.3 Å². The molecule has 0 amide bonds. The molecule has 1 aliphatic rings. The quantitative estimate of drug-likeness (QED) is 0.108. The van der Waals surface area contributed by atoms with Gasteiger partial charge in [-0.3, -0.25) is 28.5 Å². The van der Waals surface area contributed by atoms with E-state index in [1.54, 1.807) is 73.6 Å². The van der Waals surface area contributed by atoms with Crippen LogP contribution in [0.25, 0.3) is 77.5 Å². The van der Waals surface area contributed by atoms with E-state index in [2.05, 4.69) is 39.9 Å². The summed E-state index contributed by atoms with van der Waals surface area (Å²) in [6.07, 6.45) is 15.0. The van der Waals surface area contributed by atoms with Gasteiger partial charge in [0.1, 0.15) is 17.1 Å². The Morgan fingerprint density at radius 1 is 0.587 bits per heavy atom. The number of aromatic amines is 2. The van der Waals surface area contributed by atoms with Crippen molar-refractivity contribution < 1.29 is 34.9 Å². The number of rotatable bonds is 8. The highest BCUT2D eigenvalue weighted by molar-refractivity contribution is 14.1. The van der Waals surface area contributed by atoms with Crippen molar-refractivity contribution in [1.82, 2.24) is 39.9 Å². The molecule has 11 rings (SSSR count). The van der Waals surface area contributed by atoms with Crippen molar-refractivity contribution in [2.24, 2.45) is 0 Å². The molecule has 0 atom stereocenters. The van der Waals surface area contributed by atoms with Gasteiger partial charge in [-0.2, -0.15) is 0 Å². The van der Waals surface area contributed by atoms with Crippen LogP contribution >= 0.6 is 22.6 Å². The van der Waals surface area contributed by atoms with Gasteiger partial charge in [0.05, 0.1) is 85.9 Å². The van der Waals surface area contributed by atoms with Crippen molar-refractivity contribution in [2.75, 3.05) is 35.2 Å². The maximum atomic E-state index is 15.1. The van der Waals surface area contributed by atoms with Gasteiger partial charge in [-0.05, 0) is 122 Å². The van der Waals surface area contributed by atoms with Crippen LogP contribution in [-0.4, -0.2) is 102 Å². The number of nitrogens with zero attached hydrogens (tertiary/aromatic N) is 8. The lowest BCUT2D eigenvalue weighted by molar-refractivity contribution is 0.00578. The fourth-order valence-electron chi connectivity index (χ4n) is 8.10. The Bertz CT molecular complexity index is 3930. The summed E-state index contributed by atoms with van der Waals surface area (Å²) < 4.78 is 90.4. The molecule has 1 saturated heterocycles. The Hall–Kier alpha value is -6.99. The van der Waals surface area contributed by atoms with Gasteiger partial charge in [0.2, 0.25) is 20.0 Å². The molecule has 0 unspecified atom stereocenters. The number of hydrogen-bond donors (Lipinski definition) is 2. The monoisotopic (exact) mass is 1160 g/mol. The van der Waals surface area contributed by atoms with Gasteiger partial charge in [0, 0.05) is 77.1 Å². The van der Waals surface area contributed by atoms with E-state index in [4.69, 9.17) is 9.31 Å². The molecule has 0 saturated carbocycles. The number of H-pyrrole nitrogens is 2. The first-order valence-corrected chi connectivity index (χ1v) is 27.6. The summed E-state index contributed by atoms with van der Waals surface area (Å²) in [4.78, 5) is 31.9. The molecule has 2 aromatic carbocycles. The number of pyridine rings is 6. The third-order valence-electron chi connectivity index (χ3n) is 13.1. The van der Waals surface area contributed by atoms with E-state index in [9.17, 15) is 21.2 Å². The lowest BCUT2D eigenvalue weighted by Gasteiger charge is -2.32. The fraction of sp³-hybridized carbons (Fsp3) is 0.208. The molecule has 0 aliphatic carbocycles. The number of hydrogen-bond acceptors (Lipinski definition) is 12. The van der Waals surface area contributed by atoms with Crippen LogP contribution in [0.5, 0.6) is 0 Å². The summed E-state index contributed by atoms with van der Waals surface area (Å²) in [6.45, 7) is 8.00. The molecule has 16 nitrogen and oxygen atoms in total. The van der Waals surface area contributed by atoms with E-state index in [0.29, 0.717) is 48.4 Å². The number of benzene rings is 2. The Labute approximate surface area is 447 Å². The van der Waals surface area contributed by atoms with Crippen molar-refractivity contribution >= 4 is 110 Å². The first-order valence-electron chi connectivity index (χ1n) is 22.8. The Kier molecular flexibility index (Phi) is 15.2.